The molecule has 1 aromatic heterocycles. The smallest absolute Gasteiger partial charge is 0.270 e. The van der Waals surface area contributed by atoms with Crippen molar-refractivity contribution in [3.63, 3.8) is 0 Å². The molecule has 7 nitrogen and oxygen atoms in total. The van der Waals surface area contributed by atoms with Gasteiger partial charge in [-0.2, -0.15) is 4.98 Å². The van der Waals surface area contributed by atoms with Crippen molar-refractivity contribution in [3.8, 4) is 0 Å². The number of halogens is 2. The highest BCUT2D eigenvalue weighted by Crippen LogP contribution is 2.37. The van der Waals surface area contributed by atoms with Crippen LogP contribution in [0.1, 0.15) is 5.56 Å². The van der Waals surface area contributed by atoms with Crippen molar-refractivity contribution >= 4 is 46.7 Å². The molecule has 1 aliphatic rings. The van der Waals surface area contributed by atoms with Crippen LogP contribution in [-0.2, 0) is 13.5 Å². The van der Waals surface area contributed by atoms with E-state index in [4.69, 9.17) is 34.7 Å². The van der Waals surface area contributed by atoms with Gasteiger partial charge in [0.15, 0.2) is 0 Å². The molecule has 1 fully saturated rings. The van der Waals surface area contributed by atoms with Crippen LogP contribution in [0.3, 0.4) is 0 Å². The minimum atomic E-state index is -0.212. The normalized spacial score (nSPS) is 15.5. The Bertz CT molecular complexity index is 1200. The summed E-state index contributed by atoms with van der Waals surface area (Å²) in [6.07, 6.45) is 0.851. The number of nitrogens with two attached hydrogens (primary N) is 2. The van der Waals surface area contributed by atoms with Crippen LogP contribution in [-0.4, -0.2) is 53.2 Å². The van der Waals surface area contributed by atoms with E-state index in [-0.39, 0.29) is 17.4 Å². The van der Waals surface area contributed by atoms with Gasteiger partial charge in [-0.1, -0.05) is 71.4 Å². The SMILES string of the molecule is Cn1c(N2CCN(C[C@H](N)Cc3ccccc3)CC2)nc(N)c(Sc2cccc(Cl)c2Cl)c1=O. The summed E-state index contributed by atoms with van der Waals surface area (Å²) in [5.41, 5.74) is 13.7. The first kappa shape index (κ1) is 24.9. The molecule has 0 spiro atoms. The average molecular weight is 520 g/mol. The molecule has 0 unspecified atom stereocenters. The summed E-state index contributed by atoms with van der Waals surface area (Å²) in [6.45, 7) is 3.99. The van der Waals surface area contributed by atoms with Crippen molar-refractivity contribution in [2.24, 2.45) is 12.8 Å². The Hall–Kier alpha value is -2.23. The van der Waals surface area contributed by atoms with Crippen molar-refractivity contribution in [1.29, 1.82) is 0 Å². The number of benzene rings is 2. The van der Waals surface area contributed by atoms with Gasteiger partial charge in [-0.05, 0) is 24.1 Å². The van der Waals surface area contributed by atoms with Gasteiger partial charge in [-0.15, -0.1) is 0 Å². The first-order valence-corrected chi connectivity index (χ1v) is 12.7. The molecular weight excluding hydrogens is 491 g/mol. The van der Waals surface area contributed by atoms with Crippen molar-refractivity contribution in [3.05, 3.63) is 74.5 Å². The Morgan fingerprint density at radius 3 is 2.47 bits per heavy atom. The zero-order valence-electron chi connectivity index (χ0n) is 19.0. The predicted molar refractivity (Wildman–Crippen MR) is 141 cm³/mol. The van der Waals surface area contributed by atoms with E-state index in [2.05, 4.69) is 26.9 Å². The summed E-state index contributed by atoms with van der Waals surface area (Å²) in [4.78, 5) is 23.2. The number of anilines is 2. The first-order chi connectivity index (χ1) is 16.3. The average Bonchev–Trinajstić information content (AvgIpc) is 2.83. The van der Waals surface area contributed by atoms with Gasteiger partial charge in [0.1, 0.15) is 10.7 Å². The third-order valence-corrected chi connectivity index (χ3v) is 7.95. The van der Waals surface area contributed by atoms with Crippen molar-refractivity contribution in [1.82, 2.24) is 14.5 Å². The third kappa shape index (κ3) is 5.70. The Morgan fingerprint density at radius 1 is 1.06 bits per heavy atom. The summed E-state index contributed by atoms with van der Waals surface area (Å²) in [6, 6.07) is 15.7. The summed E-state index contributed by atoms with van der Waals surface area (Å²) in [7, 11) is 1.72. The minimum absolute atomic E-state index is 0.0710. The maximum Gasteiger partial charge on any atom is 0.270 e. The molecule has 180 valence electrons. The van der Waals surface area contributed by atoms with Gasteiger partial charge in [0, 0.05) is 50.7 Å². The first-order valence-electron chi connectivity index (χ1n) is 11.1. The van der Waals surface area contributed by atoms with E-state index in [0.717, 1.165) is 39.1 Å². The van der Waals surface area contributed by atoms with E-state index >= 15 is 0 Å². The zero-order valence-corrected chi connectivity index (χ0v) is 21.3. The molecule has 2 heterocycles. The second kappa shape index (κ2) is 11.0. The van der Waals surface area contributed by atoms with Gasteiger partial charge < -0.3 is 16.4 Å². The van der Waals surface area contributed by atoms with Crippen molar-refractivity contribution in [2.75, 3.05) is 43.4 Å². The van der Waals surface area contributed by atoms with Crippen LogP contribution in [0, 0.1) is 0 Å². The summed E-state index contributed by atoms with van der Waals surface area (Å²) < 4.78 is 1.55. The van der Waals surface area contributed by atoms with E-state index in [0.29, 0.717) is 25.8 Å². The Morgan fingerprint density at radius 2 is 1.76 bits per heavy atom. The summed E-state index contributed by atoms with van der Waals surface area (Å²) in [5, 5.41) is 0.814. The van der Waals surface area contributed by atoms with Gasteiger partial charge in [0.2, 0.25) is 5.95 Å². The molecule has 4 N–H and O–H groups in total. The molecule has 1 saturated heterocycles. The number of aromatic nitrogens is 2. The molecule has 0 radical (unpaired) electrons. The molecule has 2 aromatic carbocycles. The monoisotopic (exact) mass is 518 g/mol. The number of piperazine rings is 1. The van der Waals surface area contributed by atoms with E-state index < -0.39 is 0 Å². The van der Waals surface area contributed by atoms with Crippen LogP contribution in [0.4, 0.5) is 11.8 Å². The van der Waals surface area contributed by atoms with E-state index in [1.807, 2.05) is 18.2 Å². The van der Waals surface area contributed by atoms with E-state index in [1.54, 1.807) is 29.8 Å². The Balaban J connectivity index is 1.41. The highest BCUT2D eigenvalue weighted by molar-refractivity contribution is 7.99. The number of hydrogen-bond acceptors (Lipinski definition) is 7. The molecule has 0 saturated carbocycles. The topological polar surface area (TPSA) is 93.4 Å². The lowest BCUT2D eigenvalue weighted by Crippen LogP contribution is -2.51. The number of rotatable bonds is 7. The summed E-state index contributed by atoms with van der Waals surface area (Å²) in [5.74, 6) is 0.753. The van der Waals surface area contributed by atoms with Gasteiger partial charge in [-0.25, -0.2) is 0 Å². The van der Waals surface area contributed by atoms with Crippen LogP contribution < -0.4 is 21.9 Å². The fourth-order valence-corrected chi connectivity index (χ4v) is 5.49. The molecular formula is C24H28Cl2N6OS. The number of nitrogens with zero attached hydrogens (tertiary/aromatic N) is 4. The van der Waals surface area contributed by atoms with Gasteiger partial charge in [0.25, 0.3) is 5.56 Å². The third-order valence-electron chi connectivity index (χ3n) is 5.87. The summed E-state index contributed by atoms with van der Waals surface area (Å²) >= 11 is 13.6. The van der Waals surface area contributed by atoms with E-state index in [9.17, 15) is 4.79 Å². The minimum Gasteiger partial charge on any atom is -0.382 e. The molecule has 3 aromatic rings. The van der Waals surface area contributed by atoms with E-state index in [1.165, 1.54) is 17.3 Å². The quantitative estimate of drug-likeness (QED) is 0.494. The molecule has 4 rings (SSSR count). The lowest BCUT2D eigenvalue weighted by atomic mass is 10.1. The maximum atomic E-state index is 13.1. The lowest BCUT2D eigenvalue weighted by molar-refractivity contribution is 0.240. The van der Waals surface area contributed by atoms with Crippen LogP contribution in [0.5, 0.6) is 0 Å². The van der Waals surface area contributed by atoms with Gasteiger partial charge in [0.05, 0.1) is 10.0 Å². The number of hydrogen-bond donors (Lipinski definition) is 2. The Kier molecular flexibility index (Phi) is 8.06. The second-order valence-corrected chi connectivity index (χ2v) is 10.2. The fraction of sp³-hybridized carbons (Fsp3) is 0.333. The molecule has 1 aliphatic heterocycles. The lowest BCUT2D eigenvalue weighted by Gasteiger charge is -2.37. The Labute approximate surface area is 213 Å². The predicted octanol–water partition coefficient (Wildman–Crippen LogP) is 3.51. The highest BCUT2D eigenvalue weighted by Gasteiger charge is 2.24. The molecule has 0 bridgehead atoms. The fourth-order valence-electron chi connectivity index (χ4n) is 4.08. The number of nitrogen functional groups attached to an aromatic ring is 1. The van der Waals surface area contributed by atoms with Gasteiger partial charge in [-0.3, -0.25) is 14.3 Å². The molecule has 10 heteroatoms. The van der Waals surface area contributed by atoms with Crippen LogP contribution in [0.2, 0.25) is 10.0 Å². The maximum absolute atomic E-state index is 13.1. The van der Waals surface area contributed by atoms with Crippen LogP contribution >= 0.6 is 35.0 Å². The molecule has 0 amide bonds. The largest absolute Gasteiger partial charge is 0.382 e. The standard InChI is InChI=1S/C24H28Cl2N6OS/c1-30-23(33)21(34-19-9-5-8-18(25)20(19)26)22(28)29-24(30)32-12-10-31(11-13-32)15-17(27)14-16-6-3-2-4-7-16/h2-9,17H,10-15,27-28H2,1H3/t17-/m1/s1. The van der Waals surface area contributed by atoms with Crippen LogP contribution in [0.25, 0.3) is 0 Å². The van der Waals surface area contributed by atoms with Crippen molar-refractivity contribution in [2.45, 2.75) is 22.3 Å². The van der Waals surface area contributed by atoms with Crippen LogP contribution in [0.15, 0.2) is 63.1 Å². The van der Waals surface area contributed by atoms with Crippen molar-refractivity contribution < 1.29 is 0 Å². The zero-order chi connectivity index (χ0) is 24.2. The van der Waals surface area contributed by atoms with Gasteiger partial charge >= 0.3 is 0 Å². The second-order valence-electron chi connectivity index (χ2n) is 8.38. The molecule has 34 heavy (non-hydrogen) atoms. The highest BCUT2D eigenvalue weighted by atomic mass is 35.5. The molecule has 1 atom stereocenters. The molecule has 0 aliphatic carbocycles.